The van der Waals surface area contributed by atoms with Crippen molar-refractivity contribution in [1.82, 2.24) is 15.0 Å². The summed E-state index contributed by atoms with van der Waals surface area (Å²) in [5, 5.41) is 12.6. The highest BCUT2D eigenvalue weighted by Gasteiger charge is 2.35. The van der Waals surface area contributed by atoms with Gasteiger partial charge in [-0.2, -0.15) is 13.2 Å². The number of aliphatic hydroxyl groups is 1. The Kier molecular flexibility index (Phi) is 5.30. The first-order valence-corrected chi connectivity index (χ1v) is 9.69. The number of nitrogens with zero attached hydrogens (tertiary/aromatic N) is 3. The highest BCUT2D eigenvalue weighted by Crippen LogP contribution is 2.39. The van der Waals surface area contributed by atoms with Gasteiger partial charge in [0.05, 0.1) is 25.0 Å². The van der Waals surface area contributed by atoms with E-state index in [0.717, 1.165) is 41.8 Å². The lowest BCUT2D eigenvalue weighted by Gasteiger charge is -2.22. The summed E-state index contributed by atoms with van der Waals surface area (Å²) in [6.07, 6.45) is 0.350. The minimum Gasteiger partial charge on any atom is -0.497 e. The number of pyridine rings is 1. The van der Waals surface area contributed by atoms with Crippen LogP contribution in [0.5, 0.6) is 5.75 Å². The summed E-state index contributed by atoms with van der Waals surface area (Å²) in [4.78, 5) is 13.1. The Hall–Kier alpha value is -3.20. The summed E-state index contributed by atoms with van der Waals surface area (Å²) >= 11 is 0. The molecule has 1 unspecified atom stereocenters. The molecule has 1 aliphatic rings. The summed E-state index contributed by atoms with van der Waals surface area (Å²) in [7, 11) is 1.30. The first kappa shape index (κ1) is 21.0. The Morgan fingerprint density at radius 2 is 2.00 bits per heavy atom. The molecule has 9 heteroatoms. The van der Waals surface area contributed by atoms with E-state index in [1.165, 1.54) is 19.4 Å². The van der Waals surface area contributed by atoms with Crippen LogP contribution in [-0.2, 0) is 18.0 Å². The fraction of sp³-hybridized carbons (Fsp3) is 0.318. The number of rotatable bonds is 5. The fourth-order valence-electron chi connectivity index (χ4n) is 3.71. The molecule has 2 aromatic heterocycles. The second kappa shape index (κ2) is 7.81. The third-order valence-electron chi connectivity index (χ3n) is 5.56. The van der Waals surface area contributed by atoms with E-state index in [4.69, 9.17) is 4.74 Å². The molecule has 0 bridgehead atoms. The summed E-state index contributed by atoms with van der Waals surface area (Å²) in [6.45, 7) is 2.03. The minimum atomic E-state index is -4.51. The van der Waals surface area contributed by atoms with Crippen molar-refractivity contribution in [2.24, 2.45) is 0 Å². The number of aliphatic hydroxyl groups excluding tert-OH is 1. The number of ether oxygens (including phenoxy) is 1. The van der Waals surface area contributed by atoms with Crippen molar-refractivity contribution in [3.8, 4) is 17.0 Å². The SMILES string of the molecule is COc1cc(Nc2nccc(-c3cnc4c(c3)C(C)(CO)CC4)n2)cc(C(F)(F)F)c1. The lowest BCUT2D eigenvalue weighted by atomic mass is 9.85. The van der Waals surface area contributed by atoms with Gasteiger partial charge in [-0.3, -0.25) is 4.98 Å². The Morgan fingerprint density at radius 3 is 2.71 bits per heavy atom. The fourth-order valence-corrected chi connectivity index (χ4v) is 3.71. The minimum absolute atomic E-state index is 0.0269. The van der Waals surface area contributed by atoms with Gasteiger partial charge in [-0.05, 0) is 42.7 Å². The predicted molar refractivity (Wildman–Crippen MR) is 109 cm³/mol. The van der Waals surface area contributed by atoms with Gasteiger partial charge in [0, 0.05) is 40.8 Å². The molecular weight excluding hydrogens is 409 g/mol. The van der Waals surface area contributed by atoms with Gasteiger partial charge in [0.2, 0.25) is 5.95 Å². The largest absolute Gasteiger partial charge is 0.497 e. The highest BCUT2D eigenvalue weighted by molar-refractivity contribution is 5.64. The van der Waals surface area contributed by atoms with Crippen LogP contribution in [-0.4, -0.2) is 33.8 Å². The van der Waals surface area contributed by atoms with E-state index in [1.54, 1.807) is 12.3 Å². The maximum absolute atomic E-state index is 13.2. The molecule has 2 heterocycles. The van der Waals surface area contributed by atoms with E-state index in [0.29, 0.717) is 5.69 Å². The lowest BCUT2D eigenvalue weighted by Crippen LogP contribution is -2.23. The number of hydrogen-bond donors (Lipinski definition) is 2. The molecule has 0 amide bonds. The van der Waals surface area contributed by atoms with Crippen LogP contribution >= 0.6 is 0 Å². The average Bonchev–Trinajstić information content (AvgIpc) is 3.10. The van der Waals surface area contributed by atoms with Crippen molar-refractivity contribution in [1.29, 1.82) is 0 Å². The predicted octanol–water partition coefficient (Wildman–Crippen LogP) is 4.51. The molecular formula is C22H21F3N4O2. The van der Waals surface area contributed by atoms with E-state index in [2.05, 4.69) is 20.3 Å². The maximum atomic E-state index is 13.2. The number of nitrogens with one attached hydrogen (secondary N) is 1. The molecule has 0 radical (unpaired) electrons. The molecule has 6 nitrogen and oxygen atoms in total. The molecule has 1 atom stereocenters. The van der Waals surface area contributed by atoms with Crippen LogP contribution in [0.25, 0.3) is 11.3 Å². The number of fused-ring (bicyclic) bond motifs is 1. The molecule has 0 aliphatic heterocycles. The topological polar surface area (TPSA) is 80.2 Å². The van der Waals surface area contributed by atoms with Crippen LogP contribution in [0.4, 0.5) is 24.8 Å². The lowest BCUT2D eigenvalue weighted by molar-refractivity contribution is -0.137. The number of alkyl halides is 3. The standard InChI is InChI=1S/C22H21F3N4O2/c1-21(12-30)5-3-19-17(21)7-13(11-27-19)18-4-6-26-20(29-18)28-15-8-14(22(23,24)25)9-16(10-15)31-2/h4,6-11,30H,3,5,12H2,1-2H3,(H,26,28,29). The Bertz CT molecular complexity index is 1120. The third kappa shape index (κ3) is 4.18. The third-order valence-corrected chi connectivity index (χ3v) is 5.56. The number of aryl methyl sites for hydroxylation is 1. The highest BCUT2D eigenvalue weighted by atomic mass is 19.4. The zero-order valence-corrected chi connectivity index (χ0v) is 17.0. The summed E-state index contributed by atoms with van der Waals surface area (Å²) in [6, 6.07) is 7.01. The van der Waals surface area contributed by atoms with Crippen LogP contribution in [0.15, 0.2) is 42.7 Å². The zero-order chi connectivity index (χ0) is 22.2. The van der Waals surface area contributed by atoms with Gasteiger partial charge < -0.3 is 15.2 Å². The van der Waals surface area contributed by atoms with Crippen molar-refractivity contribution >= 4 is 11.6 Å². The zero-order valence-electron chi connectivity index (χ0n) is 17.0. The Balaban J connectivity index is 1.66. The van der Waals surface area contributed by atoms with Gasteiger partial charge in [-0.25, -0.2) is 9.97 Å². The van der Waals surface area contributed by atoms with E-state index >= 15 is 0 Å². The van der Waals surface area contributed by atoms with E-state index in [1.807, 2.05) is 13.0 Å². The number of anilines is 2. The monoisotopic (exact) mass is 430 g/mol. The normalized spacial score (nSPS) is 18.0. The first-order valence-electron chi connectivity index (χ1n) is 9.69. The molecule has 2 N–H and O–H groups in total. The number of halogens is 3. The van der Waals surface area contributed by atoms with Crippen LogP contribution in [0, 0.1) is 0 Å². The second-order valence-electron chi connectivity index (χ2n) is 7.78. The number of benzene rings is 1. The van der Waals surface area contributed by atoms with Crippen molar-refractivity contribution in [3.05, 3.63) is 59.5 Å². The smallest absolute Gasteiger partial charge is 0.416 e. The van der Waals surface area contributed by atoms with Crippen LogP contribution in [0.2, 0.25) is 0 Å². The summed E-state index contributed by atoms with van der Waals surface area (Å²) in [5.74, 6) is 0.212. The molecule has 4 rings (SSSR count). The second-order valence-corrected chi connectivity index (χ2v) is 7.78. The number of methoxy groups -OCH3 is 1. The number of hydrogen-bond acceptors (Lipinski definition) is 6. The quantitative estimate of drug-likeness (QED) is 0.620. The summed E-state index contributed by atoms with van der Waals surface area (Å²) in [5.41, 5.74) is 2.24. The molecule has 0 fully saturated rings. The molecule has 0 spiro atoms. The van der Waals surface area contributed by atoms with Crippen molar-refractivity contribution < 1.29 is 23.0 Å². The van der Waals surface area contributed by atoms with Crippen molar-refractivity contribution in [2.45, 2.75) is 31.4 Å². The van der Waals surface area contributed by atoms with Crippen LogP contribution in [0.3, 0.4) is 0 Å². The molecule has 3 aromatic rings. The maximum Gasteiger partial charge on any atom is 0.416 e. The van der Waals surface area contributed by atoms with E-state index in [-0.39, 0.29) is 29.4 Å². The Morgan fingerprint density at radius 1 is 1.19 bits per heavy atom. The molecule has 1 aliphatic carbocycles. The first-order chi connectivity index (χ1) is 14.7. The Labute approximate surface area is 177 Å². The van der Waals surface area contributed by atoms with Crippen LogP contribution < -0.4 is 10.1 Å². The van der Waals surface area contributed by atoms with Crippen molar-refractivity contribution in [2.75, 3.05) is 19.0 Å². The van der Waals surface area contributed by atoms with Gasteiger partial charge in [-0.1, -0.05) is 6.92 Å². The van der Waals surface area contributed by atoms with E-state index < -0.39 is 11.7 Å². The molecule has 0 saturated heterocycles. The van der Waals surface area contributed by atoms with Gasteiger partial charge in [0.15, 0.2) is 0 Å². The molecule has 1 aromatic carbocycles. The molecule has 0 saturated carbocycles. The van der Waals surface area contributed by atoms with Crippen molar-refractivity contribution in [3.63, 3.8) is 0 Å². The average molecular weight is 430 g/mol. The summed E-state index contributed by atoms with van der Waals surface area (Å²) < 4.78 is 44.5. The van der Waals surface area contributed by atoms with Gasteiger partial charge in [0.25, 0.3) is 0 Å². The number of aromatic nitrogens is 3. The molecule has 162 valence electrons. The van der Waals surface area contributed by atoms with Gasteiger partial charge in [0.1, 0.15) is 5.75 Å². The van der Waals surface area contributed by atoms with Crippen LogP contribution in [0.1, 0.15) is 30.2 Å². The molecule has 31 heavy (non-hydrogen) atoms. The van der Waals surface area contributed by atoms with Gasteiger partial charge in [-0.15, -0.1) is 0 Å². The van der Waals surface area contributed by atoms with E-state index in [9.17, 15) is 18.3 Å². The van der Waals surface area contributed by atoms with Gasteiger partial charge >= 0.3 is 6.18 Å².